The zero-order valence-corrected chi connectivity index (χ0v) is 12.8. The summed E-state index contributed by atoms with van der Waals surface area (Å²) in [5, 5.41) is 3.54. The molecule has 0 radical (unpaired) electrons. The summed E-state index contributed by atoms with van der Waals surface area (Å²) in [5.41, 5.74) is 0.937. The van der Waals surface area contributed by atoms with Crippen LogP contribution >= 0.6 is 0 Å². The number of aromatic nitrogens is 1. The highest BCUT2D eigenvalue weighted by Gasteiger charge is 2.43. The minimum absolute atomic E-state index is 0.138. The molecule has 1 aliphatic carbocycles. The second-order valence-electron chi connectivity index (χ2n) is 5.37. The minimum Gasteiger partial charge on any atom is -0.486 e. The van der Waals surface area contributed by atoms with E-state index in [9.17, 15) is 0 Å². The van der Waals surface area contributed by atoms with Gasteiger partial charge in [-0.2, -0.15) is 0 Å². The molecule has 1 aliphatic rings. The van der Waals surface area contributed by atoms with Crippen LogP contribution in [0.15, 0.2) is 18.3 Å². The molecule has 4 heteroatoms. The van der Waals surface area contributed by atoms with Crippen molar-refractivity contribution in [2.45, 2.75) is 58.3 Å². The molecule has 1 aromatic heterocycles. The number of nitrogens with zero attached hydrogens (tertiary/aromatic N) is 1. The summed E-state index contributed by atoms with van der Waals surface area (Å²) in [7, 11) is 0. The molecule has 0 spiro atoms. The standard InChI is InChI=1S/C16H26N2O2/c1-4-8-18-13-11-15(16(13)19-10-5-2)20-14-7-6-9-17-12(14)3/h6-7,9,13,15-16,18H,4-5,8,10-11H2,1-3H3. The molecule has 4 nitrogen and oxygen atoms in total. The molecule has 1 saturated carbocycles. The molecule has 0 saturated heterocycles. The topological polar surface area (TPSA) is 43.4 Å². The predicted octanol–water partition coefficient (Wildman–Crippen LogP) is 2.70. The lowest BCUT2D eigenvalue weighted by Gasteiger charge is -2.44. The number of nitrogens with one attached hydrogen (secondary N) is 1. The van der Waals surface area contributed by atoms with Gasteiger partial charge in [-0.3, -0.25) is 4.98 Å². The molecule has 1 aromatic rings. The zero-order chi connectivity index (χ0) is 14.4. The van der Waals surface area contributed by atoms with Gasteiger partial charge in [0.25, 0.3) is 0 Å². The van der Waals surface area contributed by atoms with E-state index in [0.29, 0.717) is 6.04 Å². The summed E-state index contributed by atoms with van der Waals surface area (Å²) in [5.74, 6) is 0.872. The van der Waals surface area contributed by atoms with Crippen LogP contribution < -0.4 is 10.1 Å². The van der Waals surface area contributed by atoms with E-state index in [2.05, 4.69) is 24.1 Å². The highest BCUT2D eigenvalue weighted by Crippen LogP contribution is 2.30. The van der Waals surface area contributed by atoms with Gasteiger partial charge in [0.1, 0.15) is 18.0 Å². The van der Waals surface area contributed by atoms with Gasteiger partial charge in [0, 0.05) is 25.3 Å². The second kappa shape index (κ2) is 7.60. The number of hydrogen-bond donors (Lipinski definition) is 1. The molecular weight excluding hydrogens is 252 g/mol. The molecule has 112 valence electrons. The van der Waals surface area contributed by atoms with Gasteiger partial charge in [0.05, 0.1) is 5.69 Å². The van der Waals surface area contributed by atoms with Crippen LogP contribution in [0.5, 0.6) is 5.75 Å². The third-order valence-corrected chi connectivity index (χ3v) is 3.66. The van der Waals surface area contributed by atoms with E-state index in [1.807, 2.05) is 19.1 Å². The van der Waals surface area contributed by atoms with Crippen LogP contribution in [0.25, 0.3) is 0 Å². The largest absolute Gasteiger partial charge is 0.486 e. The lowest BCUT2D eigenvalue weighted by atomic mass is 9.85. The minimum atomic E-state index is 0.138. The fourth-order valence-corrected chi connectivity index (χ4v) is 2.46. The van der Waals surface area contributed by atoms with Crippen LogP contribution in [0.4, 0.5) is 0 Å². The Labute approximate surface area is 121 Å². The number of pyridine rings is 1. The molecule has 0 amide bonds. The van der Waals surface area contributed by atoms with E-state index < -0.39 is 0 Å². The van der Waals surface area contributed by atoms with Gasteiger partial charge in [-0.05, 0) is 38.4 Å². The highest BCUT2D eigenvalue weighted by atomic mass is 16.5. The third kappa shape index (κ3) is 3.70. The number of ether oxygens (including phenoxy) is 2. The molecule has 3 unspecified atom stereocenters. The van der Waals surface area contributed by atoms with E-state index in [1.54, 1.807) is 6.20 Å². The summed E-state index contributed by atoms with van der Waals surface area (Å²) in [6, 6.07) is 4.31. The van der Waals surface area contributed by atoms with Crippen molar-refractivity contribution in [1.29, 1.82) is 0 Å². The first-order valence-electron chi connectivity index (χ1n) is 7.69. The Bertz CT molecular complexity index is 411. The molecule has 0 bridgehead atoms. The molecule has 1 heterocycles. The predicted molar refractivity (Wildman–Crippen MR) is 80.1 cm³/mol. The van der Waals surface area contributed by atoms with E-state index in [1.165, 1.54) is 0 Å². The van der Waals surface area contributed by atoms with Gasteiger partial charge in [-0.25, -0.2) is 0 Å². The monoisotopic (exact) mass is 278 g/mol. The van der Waals surface area contributed by atoms with Crippen molar-refractivity contribution in [3.63, 3.8) is 0 Å². The first-order chi connectivity index (χ1) is 9.76. The van der Waals surface area contributed by atoms with E-state index >= 15 is 0 Å². The molecule has 1 N–H and O–H groups in total. The Morgan fingerprint density at radius 2 is 2.20 bits per heavy atom. The maximum atomic E-state index is 6.07. The van der Waals surface area contributed by atoms with Crippen molar-refractivity contribution in [2.75, 3.05) is 13.2 Å². The lowest BCUT2D eigenvalue weighted by Crippen LogP contribution is -2.61. The maximum absolute atomic E-state index is 6.07. The van der Waals surface area contributed by atoms with Crippen LogP contribution in [0.1, 0.15) is 38.8 Å². The van der Waals surface area contributed by atoms with E-state index in [-0.39, 0.29) is 12.2 Å². The number of hydrogen-bond acceptors (Lipinski definition) is 4. The van der Waals surface area contributed by atoms with Gasteiger partial charge in [-0.1, -0.05) is 13.8 Å². The fourth-order valence-electron chi connectivity index (χ4n) is 2.46. The molecule has 20 heavy (non-hydrogen) atoms. The third-order valence-electron chi connectivity index (χ3n) is 3.66. The first-order valence-corrected chi connectivity index (χ1v) is 7.69. The first kappa shape index (κ1) is 15.3. The molecule has 1 fully saturated rings. The Morgan fingerprint density at radius 3 is 2.90 bits per heavy atom. The maximum Gasteiger partial charge on any atom is 0.141 e. The Kier molecular flexibility index (Phi) is 5.80. The number of rotatable bonds is 8. The quantitative estimate of drug-likeness (QED) is 0.794. The van der Waals surface area contributed by atoms with E-state index in [0.717, 1.165) is 43.9 Å². The second-order valence-corrected chi connectivity index (χ2v) is 5.37. The van der Waals surface area contributed by atoms with Crippen LogP contribution in [0.3, 0.4) is 0 Å². The highest BCUT2D eigenvalue weighted by molar-refractivity contribution is 5.26. The van der Waals surface area contributed by atoms with Crippen LogP contribution in [-0.4, -0.2) is 36.4 Å². The molecule has 3 atom stereocenters. The molecule has 0 aliphatic heterocycles. The molecular formula is C16H26N2O2. The van der Waals surface area contributed by atoms with Crippen LogP contribution in [0.2, 0.25) is 0 Å². The molecule has 0 aromatic carbocycles. The average molecular weight is 278 g/mol. The van der Waals surface area contributed by atoms with Crippen molar-refractivity contribution in [1.82, 2.24) is 10.3 Å². The van der Waals surface area contributed by atoms with Crippen molar-refractivity contribution >= 4 is 0 Å². The number of aryl methyl sites for hydroxylation is 1. The Morgan fingerprint density at radius 1 is 1.35 bits per heavy atom. The smallest absolute Gasteiger partial charge is 0.141 e. The van der Waals surface area contributed by atoms with Gasteiger partial charge in [0.2, 0.25) is 0 Å². The normalized spacial score (nSPS) is 25.2. The summed E-state index contributed by atoms with van der Waals surface area (Å²) in [6.45, 7) is 8.12. The van der Waals surface area contributed by atoms with Crippen molar-refractivity contribution in [3.8, 4) is 5.75 Å². The summed E-state index contributed by atoms with van der Waals surface area (Å²) in [4.78, 5) is 4.26. The van der Waals surface area contributed by atoms with Gasteiger partial charge >= 0.3 is 0 Å². The SMILES string of the molecule is CCCNC1CC(Oc2cccnc2C)C1OCCC. The molecule has 2 rings (SSSR count). The van der Waals surface area contributed by atoms with Crippen LogP contribution in [0, 0.1) is 6.92 Å². The van der Waals surface area contributed by atoms with Crippen LogP contribution in [-0.2, 0) is 4.74 Å². The van der Waals surface area contributed by atoms with Crippen molar-refractivity contribution in [3.05, 3.63) is 24.0 Å². The van der Waals surface area contributed by atoms with Crippen molar-refractivity contribution < 1.29 is 9.47 Å². The average Bonchev–Trinajstić information content (AvgIpc) is 2.44. The summed E-state index contributed by atoms with van der Waals surface area (Å²) >= 11 is 0. The van der Waals surface area contributed by atoms with Gasteiger partial charge in [-0.15, -0.1) is 0 Å². The van der Waals surface area contributed by atoms with E-state index in [4.69, 9.17) is 9.47 Å². The summed E-state index contributed by atoms with van der Waals surface area (Å²) < 4.78 is 12.0. The van der Waals surface area contributed by atoms with Crippen molar-refractivity contribution in [2.24, 2.45) is 0 Å². The van der Waals surface area contributed by atoms with Gasteiger partial charge < -0.3 is 14.8 Å². The van der Waals surface area contributed by atoms with Gasteiger partial charge in [0.15, 0.2) is 0 Å². The summed E-state index contributed by atoms with van der Waals surface area (Å²) in [6.07, 6.45) is 5.27. The Balaban J connectivity index is 1.92. The lowest BCUT2D eigenvalue weighted by molar-refractivity contribution is -0.108. The fraction of sp³-hybridized carbons (Fsp3) is 0.688. The zero-order valence-electron chi connectivity index (χ0n) is 12.8. The Hall–Kier alpha value is -1.13.